The minimum atomic E-state index is 0.335. The molecule has 3 nitrogen and oxygen atoms in total. The Morgan fingerprint density at radius 2 is 1.94 bits per heavy atom. The highest BCUT2D eigenvalue weighted by Gasteiger charge is 2.32. The maximum Gasteiger partial charge on any atom is 0.0445 e. The van der Waals surface area contributed by atoms with Gasteiger partial charge in [-0.3, -0.25) is 0 Å². The average Bonchev–Trinajstić information content (AvgIpc) is 3.13. The molecule has 2 rings (SSSR count). The van der Waals surface area contributed by atoms with Crippen LogP contribution in [0.4, 0.5) is 0 Å². The first kappa shape index (κ1) is 12.3. The van der Waals surface area contributed by atoms with E-state index in [4.69, 9.17) is 5.11 Å². The molecule has 1 heterocycles. The number of nitrogens with zero attached hydrogens (tertiary/aromatic N) is 1. The van der Waals surface area contributed by atoms with Crippen LogP contribution in [0.15, 0.2) is 0 Å². The van der Waals surface area contributed by atoms with E-state index in [1.807, 2.05) is 0 Å². The summed E-state index contributed by atoms with van der Waals surface area (Å²) < 4.78 is 0. The van der Waals surface area contributed by atoms with Crippen molar-refractivity contribution in [1.82, 2.24) is 10.2 Å². The Hall–Kier alpha value is -0.120. The quantitative estimate of drug-likeness (QED) is 0.715. The van der Waals surface area contributed by atoms with Gasteiger partial charge in [-0.25, -0.2) is 0 Å². The number of nitrogens with one attached hydrogen (secondary N) is 1. The molecule has 16 heavy (non-hydrogen) atoms. The van der Waals surface area contributed by atoms with Gasteiger partial charge < -0.3 is 15.3 Å². The van der Waals surface area contributed by atoms with E-state index in [1.165, 1.54) is 45.3 Å². The first-order chi connectivity index (χ1) is 7.83. The van der Waals surface area contributed by atoms with Gasteiger partial charge in [-0.05, 0) is 57.7 Å². The van der Waals surface area contributed by atoms with Gasteiger partial charge in [-0.2, -0.15) is 0 Å². The van der Waals surface area contributed by atoms with Gasteiger partial charge in [0.1, 0.15) is 0 Å². The molecule has 1 aliphatic carbocycles. The Labute approximate surface area is 99.2 Å². The second kappa shape index (κ2) is 5.99. The minimum Gasteiger partial charge on any atom is -0.396 e. The number of aliphatic hydroxyl groups is 1. The van der Waals surface area contributed by atoms with E-state index < -0.39 is 0 Å². The lowest BCUT2D eigenvalue weighted by molar-refractivity contribution is 0.184. The highest BCUT2D eigenvalue weighted by atomic mass is 16.3. The van der Waals surface area contributed by atoms with E-state index in [2.05, 4.69) is 17.1 Å². The summed E-state index contributed by atoms with van der Waals surface area (Å²) >= 11 is 0. The smallest absolute Gasteiger partial charge is 0.0445 e. The summed E-state index contributed by atoms with van der Waals surface area (Å²) in [5.41, 5.74) is 0. The first-order valence-electron chi connectivity index (χ1n) is 6.92. The molecule has 1 aliphatic heterocycles. The van der Waals surface area contributed by atoms with Crippen LogP contribution < -0.4 is 5.32 Å². The summed E-state index contributed by atoms with van der Waals surface area (Å²) in [5, 5.41) is 12.9. The molecule has 1 unspecified atom stereocenters. The molecule has 0 aromatic rings. The van der Waals surface area contributed by atoms with Crippen molar-refractivity contribution >= 4 is 0 Å². The van der Waals surface area contributed by atoms with Gasteiger partial charge in [-0.15, -0.1) is 0 Å². The fourth-order valence-electron chi connectivity index (χ4n) is 2.81. The number of hydrogen-bond donors (Lipinski definition) is 2. The van der Waals surface area contributed by atoms with Crippen molar-refractivity contribution in [3.8, 4) is 0 Å². The lowest BCUT2D eigenvalue weighted by atomic mass is 10.0. The Morgan fingerprint density at radius 1 is 1.25 bits per heavy atom. The molecule has 1 atom stereocenters. The van der Waals surface area contributed by atoms with Crippen molar-refractivity contribution in [2.24, 2.45) is 5.92 Å². The highest BCUT2D eigenvalue weighted by Crippen LogP contribution is 2.34. The highest BCUT2D eigenvalue weighted by molar-refractivity contribution is 4.89. The molecular weight excluding hydrogens is 200 g/mol. The summed E-state index contributed by atoms with van der Waals surface area (Å²) in [6.07, 6.45) is 6.24. The SMILES string of the molecule is CCN1CCC(NC(CCO)C2CC2)CC1. The van der Waals surface area contributed by atoms with Crippen LogP contribution in [0.1, 0.15) is 39.0 Å². The molecule has 2 fully saturated rings. The fraction of sp³-hybridized carbons (Fsp3) is 1.00. The van der Waals surface area contributed by atoms with Crippen molar-refractivity contribution < 1.29 is 5.11 Å². The van der Waals surface area contributed by atoms with Gasteiger partial charge in [-0.1, -0.05) is 6.92 Å². The zero-order valence-corrected chi connectivity index (χ0v) is 10.5. The normalized spacial score (nSPS) is 25.9. The molecule has 94 valence electrons. The molecule has 0 bridgehead atoms. The lowest BCUT2D eigenvalue weighted by Gasteiger charge is -2.34. The molecule has 0 aromatic carbocycles. The number of hydrogen-bond acceptors (Lipinski definition) is 3. The van der Waals surface area contributed by atoms with Gasteiger partial charge in [0.15, 0.2) is 0 Å². The number of likely N-dealkylation sites (tertiary alicyclic amines) is 1. The topological polar surface area (TPSA) is 35.5 Å². The van der Waals surface area contributed by atoms with Crippen LogP contribution >= 0.6 is 0 Å². The van der Waals surface area contributed by atoms with E-state index >= 15 is 0 Å². The lowest BCUT2D eigenvalue weighted by Crippen LogP contribution is -2.47. The third-order valence-corrected chi connectivity index (χ3v) is 4.12. The first-order valence-corrected chi connectivity index (χ1v) is 6.92. The van der Waals surface area contributed by atoms with E-state index in [-0.39, 0.29) is 0 Å². The third kappa shape index (κ3) is 3.44. The van der Waals surface area contributed by atoms with E-state index in [0.29, 0.717) is 18.7 Å². The predicted octanol–water partition coefficient (Wildman–Crippen LogP) is 1.22. The van der Waals surface area contributed by atoms with Crippen LogP contribution in [0.2, 0.25) is 0 Å². The van der Waals surface area contributed by atoms with Gasteiger partial charge in [0.25, 0.3) is 0 Å². The van der Waals surface area contributed by atoms with Crippen LogP contribution in [0.5, 0.6) is 0 Å². The zero-order valence-electron chi connectivity index (χ0n) is 10.5. The third-order valence-electron chi connectivity index (χ3n) is 4.12. The number of rotatable bonds is 6. The van der Waals surface area contributed by atoms with Crippen molar-refractivity contribution in [3.63, 3.8) is 0 Å². The molecular formula is C13H26N2O. The van der Waals surface area contributed by atoms with Gasteiger partial charge in [0, 0.05) is 18.7 Å². The largest absolute Gasteiger partial charge is 0.396 e. The molecule has 0 spiro atoms. The van der Waals surface area contributed by atoms with Crippen LogP contribution in [0, 0.1) is 5.92 Å². The molecule has 1 saturated heterocycles. The minimum absolute atomic E-state index is 0.335. The van der Waals surface area contributed by atoms with Crippen molar-refractivity contribution in [3.05, 3.63) is 0 Å². The maximum absolute atomic E-state index is 9.07. The summed E-state index contributed by atoms with van der Waals surface area (Å²) in [6.45, 7) is 6.25. The Morgan fingerprint density at radius 3 is 2.44 bits per heavy atom. The van der Waals surface area contributed by atoms with Crippen LogP contribution in [0.25, 0.3) is 0 Å². The second-order valence-electron chi connectivity index (χ2n) is 5.33. The van der Waals surface area contributed by atoms with Crippen LogP contribution in [0.3, 0.4) is 0 Å². The molecule has 1 saturated carbocycles. The molecule has 2 N–H and O–H groups in total. The summed E-state index contributed by atoms with van der Waals surface area (Å²) in [7, 11) is 0. The van der Waals surface area contributed by atoms with Gasteiger partial charge >= 0.3 is 0 Å². The Kier molecular flexibility index (Phi) is 4.62. The molecule has 2 aliphatic rings. The number of piperidine rings is 1. The Balaban J connectivity index is 1.71. The fourth-order valence-corrected chi connectivity index (χ4v) is 2.81. The summed E-state index contributed by atoms with van der Waals surface area (Å²) in [6, 6.07) is 1.28. The van der Waals surface area contributed by atoms with Crippen molar-refractivity contribution in [2.45, 2.75) is 51.1 Å². The molecule has 0 amide bonds. The van der Waals surface area contributed by atoms with E-state index in [9.17, 15) is 0 Å². The Bertz CT molecular complexity index is 198. The van der Waals surface area contributed by atoms with Gasteiger partial charge in [0.05, 0.1) is 0 Å². The van der Waals surface area contributed by atoms with E-state index in [1.54, 1.807) is 0 Å². The predicted molar refractivity (Wildman–Crippen MR) is 66.5 cm³/mol. The average molecular weight is 226 g/mol. The second-order valence-corrected chi connectivity index (χ2v) is 5.33. The molecule has 0 aromatic heterocycles. The molecule has 3 heteroatoms. The summed E-state index contributed by atoms with van der Waals surface area (Å²) in [5.74, 6) is 0.858. The van der Waals surface area contributed by atoms with Gasteiger partial charge in [0.2, 0.25) is 0 Å². The van der Waals surface area contributed by atoms with Crippen LogP contribution in [-0.4, -0.2) is 48.3 Å². The summed E-state index contributed by atoms with van der Waals surface area (Å²) in [4.78, 5) is 2.52. The maximum atomic E-state index is 9.07. The van der Waals surface area contributed by atoms with Crippen LogP contribution in [-0.2, 0) is 0 Å². The monoisotopic (exact) mass is 226 g/mol. The standard InChI is InChI=1S/C13H26N2O/c1-2-15-8-5-12(6-9-15)14-13(7-10-16)11-3-4-11/h11-14,16H,2-10H2,1H3. The van der Waals surface area contributed by atoms with Crippen molar-refractivity contribution in [2.75, 3.05) is 26.2 Å². The van der Waals surface area contributed by atoms with Crippen molar-refractivity contribution in [1.29, 1.82) is 0 Å². The molecule has 0 radical (unpaired) electrons. The van der Waals surface area contributed by atoms with E-state index in [0.717, 1.165) is 12.3 Å². The zero-order chi connectivity index (χ0) is 11.4. The number of aliphatic hydroxyl groups excluding tert-OH is 1.